The minimum atomic E-state index is 0.723. The molecule has 0 heterocycles. The Morgan fingerprint density at radius 2 is 2.00 bits per heavy atom. The van der Waals surface area contributed by atoms with Gasteiger partial charge < -0.3 is 15.8 Å². The van der Waals surface area contributed by atoms with E-state index in [2.05, 4.69) is 5.32 Å². The van der Waals surface area contributed by atoms with Gasteiger partial charge in [-0.05, 0) is 37.1 Å². The summed E-state index contributed by atoms with van der Waals surface area (Å²) in [7, 11) is 0. The lowest BCUT2D eigenvalue weighted by molar-refractivity contribution is 0.276. The second-order valence-corrected chi connectivity index (χ2v) is 4.00. The van der Waals surface area contributed by atoms with Gasteiger partial charge in [-0.25, -0.2) is 0 Å². The molecule has 0 radical (unpaired) electrons. The maximum Gasteiger partial charge on any atom is 0.119 e. The van der Waals surface area contributed by atoms with Crippen LogP contribution in [0.1, 0.15) is 19.3 Å². The van der Waals surface area contributed by atoms with E-state index in [1.807, 2.05) is 24.3 Å². The molecule has 1 aliphatic rings. The molecule has 1 aromatic rings. The molecule has 3 heteroatoms. The van der Waals surface area contributed by atoms with Gasteiger partial charge in [0.15, 0.2) is 0 Å². The van der Waals surface area contributed by atoms with Crippen LogP contribution in [0.25, 0.3) is 0 Å². The van der Waals surface area contributed by atoms with Crippen LogP contribution in [0.5, 0.6) is 5.75 Å². The van der Waals surface area contributed by atoms with Crippen molar-refractivity contribution in [1.82, 2.24) is 5.32 Å². The second-order valence-electron chi connectivity index (χ2n) is 4.00. The first kappa shape index (κ1) is 10.3. The molecule has 0 spiro atoms. The summed E-state index contributed by atoms with van der Waals surface area (Å²) < 4.78 is 5.56. The molecule has 0 bridgehead atoms. The monoisotopic (exact) mass is 206 g/mol. The van der Waals surface area contributed by atoms with Crippen LogP contribution in [-0.2, 0) is 0 Å². The Morgan fingerprint density at radius 3 is 2.60 bits per heavy atom. The van der Waals surface area contributed by atoms with Gasteiger partial charge in [0.2, 0.25) is 0 Å². The first-order valence-corrected chi connectivity index (χ1v) is 5.56. The molecule has 1 saturated carbocycles. The van der Waals surface area contributed by atoms with Crippen LogP contribution >= 0.6 is 0 Å². The van der Waals surface area contributed by atoms with Crippen molar-refractivity contribution in [3.05, 3.63) is 24.3 Å². The van der Waals surface area contributed by atoms with Gasteiger partial charge in [-0.2, -0.15) is 0 Å². The highest BCUT2D eigenvalue weighted by atomic mass is 16.5. The van der Waals surface area contributed by atoms with E-state index in [9.17, 15) is 0 Å². The molecular weight excluding hydrogens is 188 g/mol. The summed E-state index contributed by atoms with van der Waals surface area (Å²) >= 11 is 0. The number of ether oxygens (including phenoxy) is 1. The molecule has 0 amide bonds. The lowest BCUT2D eigenvalue weighted by Crippen LogP contribution is -2.37. The number of nitrogen functional groups attached to an aromatic ring is 1. The van der Waals surface area contributed by atoms with E-state index in [0.29, 0.717) is 0 Å². The van der Waals surface area contributed by atoms with Crippen LogP contribution in [0, 0.1) is 0 Å². The summed E-state index contributed by atoms with van der Waals surface area (Å²) in [4.78, 5) is 0. The SMILES string of the molecule is Nc1ccc(OCCNC2CCC2)cc1. The van der Waals surface area contributed by atoms with Crippen molar-refractivity contribution in [2.75, 3.05) is 18.9 Å². The van der Waals surface area contributed by atoms with Gasteiger partial charge in [-0.1, -0.05) is 6.42 Å². The molecule has 3 nitrogen and oxygen atoms in total. The Bertz CT molecular complexity index is 293. The highest BCUT2D eigenvalue weighted by Crippen LogP contribution is 2.17. The fourth-order valence-corrected chi connectivity index (χ4v) is 1.61. The Labute approximate surface area is 90.6 Å². The molecule has 1 fully saturated rings. The molecule has 2 rings (SSSR count). The van der Waals surface area contributed by atoms with Crippen molar-refractivity contribution in [2.24, 2.45) is 0 Å². The Hall–Kier alpha value is -1.22. The van der Waals surface area contributed by atoms with E-state index < -0.39 is 0 Å². The third-order valence-electron chi connectivity index (χ3n) is 2.79. The maximum atomic E-state index is 5.58. The van der Waals surface area contributed by atoms with Gasteiger partial charge in [0.25, 0.3) is 0 Å². The lowest BCUT2D eigenvalue weighted by Gasteiger charge is -2.26. The Balaban J connectivity index is 1.62. The van der Waals surface area contributed by atoms with E-state index in [0.717, 1.165) is 30.6 Å². The third-order valence-corrected chi connectivity index (χ3v) is 2.79. The largest absolute Gasteiger partial charge is 0.492 e. The zero-order valence-corrected chi connectivity index (χ0v) is 8.91. The molecule has 0 atom stereocenters. The average Bonchev–Trinajstić information content (AvgIpc) is 2.18. The molecule has 0 unspecified atom stereocenters. The number of rotatable bonds is 5. The highest BCUT2D eigenvalue weighted by Gasteiger charge is 2.15. The van der Waals surface area contributed by atoms with Crippen LogP contribution in [0.15, 0.2) is 24.3 Å². The van der Waals surface area contributed by atoms with Crippen LogP contribution in [-0.4, -0.2) is 19.2 Å². The number of nitrogens with one attached hydrogen (secondary N) is 1. The molecule has 0 saturated heterocycles. The molecule has 1 aliphatic carbocycles. The lowest BCUT2D eigenvalue weighted by atomic mass is 9.93. The van der Waals surface area contributed by atoms with Crippen molar-refractivity contribution >= 4 is 5.69 Å². The number of anilines is 1. The van der Waals surface area contributed by atoms with Crippen molar-refractivity contribution in [2.45, 2.75) is 25.3 Å². The average molecular weight is 206 g/mol. The van der Waals surface area contributed by atoms with Crippen LogP contribution in [0.4, 0.5) is 5.69 Å². The summed E-state index contributed by atoms with van der Waals surface area (Å²) in [6.07, 6.45) is 4.01. The van der Waals surface area contributed by atoms with E-state index in [1.165, 1.54) is 19.3 Å². The van der Waals surface area contributed by atoms with Gasteiger partial charge in [0, 0.05) is 18.3 Å². The molecule has 82 valence electrons. The van der Waals surface area contributed by atoms with E-state index in [1.54, 1.807) is 0 Å². The van der Waals surface area contributed by atoms with Crippen molar-refractivity contribution in [3.8, 4) is 5.75 Å². The first-order chi connectivity index (χ1) is 7.34. The maximum absolute atomic E-state index is 5.58. The fourth-order valence-electron chi connectivity index (χ4n) is 1.61. The fraction of sp³-hybridized carbons (Fsp3) is 0.500. The molecule has 0 aliphatic heterocycles. The van der Waals surface area contributed by atoms with Gasteiger partial charge in [-0.15, -0.1) is 0 Å². The second kappa shape index (κ2) is 5.03. The molecule has 0 aromatic heterocycles. The Kier molecular flexibility index (Phi) is 3.45. The number of nitrogens with two attached hydrogens (primary N) is 1. The van der Waals surface area contributed by atoms with Gasteiger partial charge >= 0.3 is 0 Å². The predicted molar refractivity (Wildman–Crippen MR) is 62.0 cm³/mol. The van der Waals surface area contributed by atoms with E-state index in [4.69, 9.17) is 10.5 Å². The minimum absolute atomic E-state index is 0.723. The summed E-state index contributed by atoms with van der Waals surface area (Å²) in [5.41, 5.74) is 6.35. The van der Waals surface area contributed by atoms with E-state index in [-0.39, 0.29) is 0 Å². The number of hydrogen-bond acceptors (Lipinski definition) is 3. The third kappa shape index (κ3) is 3.13. The summed E-state index contributed by atoms with van der Waals surface area (Å²) in [6, 6.07) is 8.25. The number of benzene rings is 1. The van der Waals surface area contributed by atoms with Crippen molar-refractivity contribution in [1.29, 1.82) is 0 Å². The summed E-state index contributed by atoms with van der Waals surface area (Å²) in [5.74, 6) is 0.889. The van der Waals surface area contributed by atoms with Crippen LogP contribution in [0.3, 0.4) is 0 Å². The first-order valence-electron chi connectivity index (χ1n) is 5.56. The normalized spacial score (nSPS) is 16.0. The minimum Gasteiger partial charge on any atom is -0.492 e. The zero-order chi connectivity index (χ0) is 10.5. The predicted octanol–water partition coefficient (Wildman–Crippen LogP) is 1.79. The quantitative estimate of drug-likeness (QED) is 0.570. The molecular formula is C12H18N2O. The van der Waals surface area contributed by atoms with Crippen molar-refractivity contribution in [3.63, 3.8) is 0 Å². The Morgan fingerprint density at radius 1 is 1.27 bits per heavy atom. The zero-order valence-electron chi connectivity index (χ0n) is 8.91. The summed E-state index contributed by atoms with van der Waals surface area (Å²) in [5, 5.41) is 3.45. The van der Waals surface area contributed by atoms with Crippen molar-refractivity contribution < 1.29 is 4.74 Å². The summed E-state index contributed by atoms with van der Waals surface area (Å²) in [6.45, 7) is 1.65. The molecule has 15 heavy (non-hydrogen) atoms. The topological polar surface area (TPSA) is 47.3 Å². The standard InChI is InChI=1S/C12H18N2O/c13-10-4-6-12(7-5-10)15-9-8-14-11-2-1-3-11/h4-7,11,14H,1-3,8-9,13H2. The van der Waals surface area contributed by atoms with Gasteiger partial charge in [0.1, 0.15) is 12.4 Å². The number of hydrogen-bond donors (Lipinski definition) is 2. The van der Waals surface area contributed by atoms with Crippen LogP contribution < -0.4 is 15.8 Å². The van der Waals surface area contributed by atoms with Gasteiger partial charge in [0.05, 0.1) is 0 Å². The van der Waals surface area contributed by atoms with Crippen LogP contribution in [0.2, 0.25) is 0 Å². The smallest absolute Gasteiger partial charge is 0.119 e. The molecule has 3 N–H and O–H groups in total. The highest BCUT2D eigenvalue weighted by molar-refractivity contribution is 5.41. The van der Waals surface area contributed by atoms with E-state index >= 15 is 0 Å². The van der Waals surface area contributed by atoms with Gasteiger partial charge in [-0.3, -0.25) is 0 Å². The molecule has 1 aromatic carbocycles.